The molecule has 1 fully saturated rings. The highest BCUT2D eigenvalue weighted by atomic mass is 32.1. The number of carbonyl (C=O) groups excluding carboxylic acids is 1. The summed E-state index contributed by atoms with van der Waals surface area (Å²) in [5.41, 5.74) is 1.24. The molecule has 0 spiro atoms. The van der Waals surface area contributed by atoms with Crippen LogP contribution in [-0.2, 0) is 31.1 Å². The van der Waals surface area contributed by atoms with Gasteiger partial charge in [0.15, 0.2) is 6.61 Å². The molecule has 6 nitrogen and oxygen atoms in total. The van der Waals surface area contributed by atoms with Crippen molar-refractivity contribution in [2.24, 2.45) is 18.9 Å². The molecule has 0 atom stereocenters. The summed E-state index contributed by atoms with van der Waals surface area (Å²) >= 11 is 1.23. The van der Waals surface area contributed by atoms with E-state index < -0.39 is 18.7 Å². The fourth-order valence-electron chi connectivity index (χ4n) is 5.14. The van der Waals surface area contributed by atoms with Gasteiger partial charge in [-0.25, -0.2) is 4.98 Å². The van der Waals surface area contributed by atoms with Crippen LogP contribution in [0.15, 0.2) is 6.20 Å². The summed E-state index contributed by atoms with van der Waals surface area (Å²) in [7, 11) is 1.65. The summed E-state index contributed by atoms with van der Waals surface area (Å²) in [5, 5.41) is 3.77. The highest BCUT2D eigenvalue weighted by Crippen LogP contribution is 2.34. The van der Waals surface area contributed by atoms with Crippen molar-refractivity contribution in [1.29, 1.82) is 0 Å². The summed E-state index contributed by atoms with van der Waals surface area (Å²) < 4.78 is 57.0. The van der Waals surface area contributed by atoms with E-state index in [1.165, 1.54) is 16.0 Å². The monoisotopic (exact) mass is 516 g/mol. The van der Waals surface area contributed by atoms with Crippen molar-refractivity contribution in [2.75, 3.05) is 26.2 Å². The molecule has 0 radical (unpaired) electrons. The lowest BCUT2D eigenvalue weighted by Gasteiger charge is -2.30. The molecule has 0 bridgehead atoms. The van der Waals surface area contributed by atoms with Crippen LogP contribution in [0.2, 0.25) is 0 Å². The Morgan fingerprint density at radius 2 is 1.89 bits per heavy atom. The van der Waals surface area contributed by atoms with Crippen LogP contribution in [0.3, 0.4) is 0 Å². The average Bonchev–Trinajstić information content (AvgIpc) is 3.27. The molecule has 0 N–H and O–H groups in total. The van der Waals surface area contributed by atoms with Gasteiger partial charge >= 0.3 is 6.18 Å². The quantitative estimate of drug-likeness (QED) is 0.450. The van der Waals surface area contributed by atoms with Crippen LogP contribution < -0.4 is 4.74 Å². The number of alkyl halides is 3. The summed E-state index contributed by atoms with van der Waals surface area (Å²) in [4.78, 5) is 20.1. The van der Waals surface area contributed by atoms with Crippen LogP contribution in [0.25, 0.3) is 0 Å². The van der Waals surface area contributed by atoms with Crippen LogP contribution in [0.4, 0.5) is 17.6 Å². The van der Waals surface area contributed by atoms with E-state index in [0.717, 1.165) is 75.2 Å². The maximum atomic E-state index is 13.7. The van der Waals surface area contributed by atoms with Gasteiger partial charge in [0.1, 0.15) is 5.78 Å². The zero-order chi connectivity index (χ0) is 25.0. The maximum absolute atomic E-state index is 13.7. The van der Waals surface area contributed by atoms with E-state index in [-0.39, 0.29) is 17.4 Å². The van der Waals surface area contributed by atoms with Gasteiger partial charge in [0.2, 0.25) is 5.95 Å². The number of nitrogens with zero attached hydrogens (tertiary/aromatic N) is 4. The van der Waals surface area contributed by atoms with E-state index in [0.29, 0.717) is 23.8 Å². The summed E-state index contributed by atoms with van der Waals surface area (Å²) in [6.45, 7) is 1.43. The lowest BCUT2D eigenvalue weighted by molar-refractivity contribution is -0.153. The van der Waals surface area contributed by atoms with Gasteiger partial charge in [-0.1, -0.05) is 24.2 Å². The van der Waals surface area contributed by atoms with Gasteiger partial charge in [-0.15, -0.1) is 5.10 Å². The van der Waals surface area contributed by atoms with Gasteiger partial charge < -0.3 is 9.64 Å². The molecule has 2 aromatic heterocycles. The molecule has 0 saturated heterocycles. The average molecular weight is 517 g/mol. The highest BCUT2D eigenvalue weighted by molar-refractivity contribution is 7.13. The number of ether oxygens (including phenoxy) is 1. The maximum Gasteiger partial charge on any atom is 0.422 e. The van der Waals surface area contributed by atoms with Crippen molar-refractivity contribution >= 4 is 17.1 Å². The summed E-state index contributed by atoms with van der Waals surface area (Å²) in [6, 6.07) is 0. The predicted molar refractivity (Wildman–Crippen MR) is 124 cm³/mol. The second kappa shape index (κ2) is 11.4. The van der Waals surface area contributed by atoms with Crippen molar-refractivity contribution in [3.8, 4) is 5.19 Å². The van der Waals surface area contributed by atoms with Gasteiger partial charge in [0.05, 0.1) is 5.69 Å². The Morgan fingerprint density at radius 1 is 1.17 bits per heavy atom. The highest BCUT2D eigenvalue weighted by Gasteiger charge is 2.30. The molecule has 194 valence electrons. The molecule has 35 heavy (non-hydrogen) atoms. The number of thiazole rings is 1. The Morgan fingerprint density at radius 3 is 2.57 bits per heavy atom. The number of Topliss-reactive ketones (excluding diaryl/α,β-unsaturated/α-hetero) is 1. The van der Waals surface area contributed by atoms with Crippen molar-refractivity contribution in [3.63, 3.8) is 0 Å². The number of fused-ring (bicyclic) bond motifs is 1. The summed E-state index contributed by atoms with van der Waals surface area (Å²) in [6.07, 6.45) is 4.77. The van der Waals surface area contributed by atoms with Gasteiger partial charge in [-0.05, 0) is 44.1 Å². The molecule has 1 saturated carbocycles. The van der Waals surface area contributed by atoms with Crippen molar-refractivity contribution in [1.82, 2.24) is 19.7 Å². The number of aromatic nitrogens is 3. The molecule has 2 aliphatic rings. The Kier molecular flexibility index (Phi) is 8.46. The first kappa shape index (κ1) is 26.1. The molecule has 2 aromatic rings. The number of hydrogen-bond donors (Lipinski definition) is 0. The van der Waals surface area contributed by atoms with E-state index in [4.69, 9.17) is 4.74 Å². The molecule has 1 aliphatic carbocycles. The van der Waals surface area contributed by atoms with Crippen LogP contribution in [0.5, 0.6) is 5.19 Å². The Hall–Kier alpha value is -2.01. The SMILES string of the molecule is Cn1cc(CC(=O)CC2CCC(CCN3CCc4nc(OCC(F)(F)F)sc4CC3)CC2)c(F)n1. The number of rotatable bonds is 9. The molecule has 0 amide bonds. The summed E-state index contributed by atoms with van der Waals surface area (Å²) in [5.74, 6) is 0.555. The third kappa shape index (κ3) is 7.73. The predicted octanol–water partition coefficient (Wildman–Crippen LogP) is 4.76. The van der Waals surface area contributed by atoms with E-state index in [2.05, 4.69) is 15.0 Å². The Bertz CT molecular complexity index is 973. The molecule has 0 aromatic carbocycles. The minimum absolute atomic E-state index is 0.0814. The zero-order valence-corrected chi connectivity index (χ0v) is 20.8. The number of halogens is 4. The van der Waals surface area contributed by atoms with Gasteiger partial charge in [0.25, 0.3) is 5.19 Å². The Balaban J connectivity index is 1.14. The molecule has 4 rings (SSSR count). The van der Waals surface area contributed by atoms with Crippen LogP contribution >= 0.6 is 11.3 Å². The second-order valence-electron chi connectivity index (χ2n) is 9.81. The largest absolute Gasteiger partial charge is 0.460 e. The number of hydrogen-bond acceptors (Lipinski definition) is 6. The lowest BCUT2D eigenvalue weighted by Crippen LogP contribution is -2.30. The molecule has 3 heterocycles. The fraction of sp³-hybridized carbons (Fsp3) is 0.708. The Labute approximate surface area is 206 Å². The first-order valence-corrected chi connectivity index (χ1v) is 13.1. The standard InChI is InChI=1S/C24H32F4N4O2S/c1-31-14-18(22(25)30-31)13-19(33)12-17-4-2-16(3-5-17)6-9-32-10-7-20-21(8-11-32)35-23(29-20)34-15-24(26,27)28/h14,16-17H,2-13,15H2,1H3. The molecule has 0 unspecified atom stereocenters. The van der Waals surface area contributed by atoms with Crippen molar-refractivity contribution in [2.45, 2.75) is 64.0 Å². The van der Waals surface area contributed by atoms with Crippen LogP contribution in [0.1, 0.15) is 54.7 Å². The van der Waals surface area contributed by atoms with Crippen LogP contribution in [0, 0.1) is 17.8 Å². The van der Waals surface area contributed by atoms with Gasteiger partial charge in [-0.3, -0.25) is 9.48 Å². The smallest absolute Gasteiger partial charge is 0.422 e. The topological polar surface area (TPSA) is 60.2 Å². The third-order valence-electron chi connectivity index (χ3n) is 7.01. The molecule has 1 aliphatic heterocycles. The minimum Gasteiger partial charge on any atom is -0.460 e. The van der Waals surface area contributed by atoms with Crippen molar-refractivity contribution in [3.05, 3.63) is 28.3 Å². The van der Waals surface area contributed by atoms with E-state index in [1.807, 2.05) is 0 Å². The van der Waals surface area contributed by atoms with E-state index in [1.54, 1.807) is 13.2 Å². The van der Waals surface area contributed by atoms with Crippen molar-refractivity contribution < 1.29 is 27.1 Å². The fourth-order valence-corrected chi connectivity index (χ4v) is 6.08. The molecular weight excluding hydrogens is 484 g/mol. The number of aryl methyl sites for hydroxylation is 1. The van der Waals surface area contributed by atoms with Crippen LogP contribution in [-0.4, -0.2) is 57.9 Å². The zero-order valence-electron chi connectivity index (χ0n) is 19.9. The number of carbonyl (C=O) groups is 1. The second-order valence-corrected chi connectivity index (χ2v) is 10.9. The van der Waals surface area contributed by atoms with Gasteiger partial charge in [0, 0.05) is 56.0 Å². The van der Waals surface area contributed by atoms with E-state index in [9.17, 15) is 22.4 Å². The normalized spacial score (nSPS) is 21.5. The molecule has 11 heteroatoms. The van der Waals surface area contributed by atoms with E-state index >= 15 is 0 Å². The number of ketones is 1. The third-order valence-corrected chi connectivity index (χ3v) is 8.08. The lowest BCUT2D eigenvalue weighted by atomic mass is 9.78. The first-order chi connectivity index (χ1) is 16.6. The van der Waals surface area contributed by atoms with Gasteiger partial charge in [-0.2, -0.15) is 17.6 Å². The first-order valence-electron chi connectivity index (χ1n) is 12.2. The molecular formula is C24H32F4N4O2S. The minimum atomic E-state index is -4.35.